The highest BCUT2D eigenvalue weighted by Gasteiger charge is 2.59. The standard InChI is InChI=1S/C31H34N2O7S/c1-21-31(30(36)37-2)16-23(14-28(34)32-17-26-11-7-13-41-26)29(35)33(18-24-10-6-12-39-24)27(31)15-25(40-21)20-38-19-22-8-4-3-5-9-22/h3-13,15,21,23,25H,14,16-20H2,1-2H3,(H,32,34)/t21-,23+,25-,31+/m1/s1. The number of carbonyl (C=O) groups is 3. The number of hydrogen-bond donors (Lipinski definition) is 1. The number of methoxy groups -OCH3 is 1. The molecule has 0 bridgehead atoms. The first-order chi connectivity index (χ1) is 19.9. The minimum Gasteiger partial charge on any atom is -0.468 e. The van der Waals surface area contributed by atoms with Crippen molar-refractivity contribution in [2.24, 2.45) is 11.3 Å². The molecular formula is C31H34N2O7S. The molecule has 216 valence electrons. The molecule has 0 unspecified atom stereocenters. The second-order valence-corrected chi connectivity index (χ2v) is 11.3. The second kappa shape index (κ2) is 12.8. The molecule has 1 aromatic carbocycles. The first kappa shape index (κ1) is 28.8. The maximum absolute atomic E-state index is 14.0. The van der Waals surface area contributed by atoms with E-state index in [1.165, 1.54) is 13.4 Å². The summed E-state index contributed by atoms with van der Waals surface area (Å²) in [6.07, 6.45) is 2.19. The fraction of sp³-hybridized carbons (Fsp3) is 0.387. The molecule has 2 aromatic heterocycles. The molecule has 4 heterocycles. The average molecular weight is 579 g/mol. The monoisotopic (exact) mass is 578 g/mol. The Balaban J connectivity index is 1.41. The first-order valence-corrected chi connectivity index (χ1v) is 14.5. The van der Waals surface area contributed by atoms with Crippen LogP contribution in [0.2, 0.25) is 0 Å². The van der Waals surface area contributed by atoms with Crippen LogP contribution in [0.15, 0.2) is 82.4 Å². The number of nitrogens with zero attached hydrogens (tertiary/aromatic N) is 1. The number of furan rings is 1. The fourth-order valence-corrected chi connectivity index (χ4v) is 6.28. The number of thiophene rings is 1. The zero-order chi connectivity index (χ0) is 28.8. The molecule has 3 aromatic rings. The number of likely N-dealkylation sites (tertiary alicyclic amines) is 1. The Morgan fingerprint density at radius 2 is 1.98 bits per heavy atom. The molecule has 1 N–H and O–H groups in total. The number of ether oxygens (including phenoxy) is 3. The molecule has 0 spiro atoms. The molecular weight excluding hydrogens is 544 g/mol. The van der Waals surface area contributed by atoms with Crippen LogP contribution in [0.25, 0.3) is 0 Å². The molecule has 0 aliphatic carbocycles. The number of rotatable bonds is 11. The number of carbonyl (C=O) groups excluding carboxylic acids is 3. The van der Waals surface area contributed by atoms with Crippen molar-refractivity contribution in [2.45, 2.75) is 51.7 Å². The van der Waals surface area contributed by atoms with E-state index < -0.39 is 29.5 Å². The topological polar surface area (TPSA) is 107 Å². The van der Waals surface area contributed by atoms with Crippen molar-refractivity contribution in [2.75, 3.05) is 13.7 Å². The third-order valence-corrected chi connectivity index (χ3v) is 8.53. The van der Waals surface area contributed by atoms with E-state index >= 15 is 0 Å². The average Bonchev–Trinajstić information content (AvgIpc) is 3.70. The number of nitrogens with one attached hydrogen (secondary N) is 1. The molecule has 2 aliphatic heterocycles. The van der Waals surface area contributed by atoms with Crippen LogP contribution >= 0.6 is 11.3 Å². The van der Waals surface area contributed by atoms with Gasteiger partial charge in [0, 0.05) is 22.9 Å². The Morgan fingerprint density at radius 3 is 2.68 bits per heavy atom. The maximum Gasteiger partial charge on any atom is 0.320 e. The van der Waals surface area contributed by atoms with Gasteiger partial charge >= 0.3 is 5.97 Å². The van der Waals surface area contributed by atoms with E-state index in [0.717, 1.165) is 10.4 Å². The predicted octanol–water partition coefficient (Wildman–Crippen LogP) is 4.44. The minimum atomic E-state index is -1.29. The van der Waals surface area contributed by atoms with Crippen molar-refractivity contribution in [3.05, 3.63) is 94.2 Å². The smallest absolute Gasteiger partial charge is 0.320 e. The van der Waals surface area contributed by atoms with Crippen LogP contribution in [-0.4, -0.2) is 48.6 Å². The van der Waals surface area contributed by atoms with Crippen LogP contribution < -0.4 is 5.32 Å². The van der Waals surface area contributed by atoms with E-state index in [0.29, 0.717) is 24.6 Å². The van der Waals surface area contributed by atoms with Gasteiger partial charge in [0.25, 0.3) is 0 Å². The fourth-order valence-electron chi connectivity index (χ4n) is 5.63. The SMILES string of the molecule is COC(=O)[C@]12C[C@H](CC(=O)NCc3cccs3)C(=O)N(Cc3ccco3)C1=C[C@H](COCc1ccccc1)O[C@@H]2C. The molecule has 5 rings (SSSR count). The van der Waals surface area contributed by atoms with Gasteiger partial charge in [0.2, 0.25) is 11.8 Å². The van der Waals surface area contributed by atoms with E-state index in [9.17, 15) is 14.4 Å². The predicted molar refractivity (Wildman–Crippen MR) is 151 cm³/mol. The molecule has 41 heavy (non-hydrogen) atoms. The highest BCUT2D eigenvalue weighted by atomic mass is 32.1. The maximum atomic E-state index is 14.0. The first-order valence-electron chi connectivity index (χ1n) is 13.6. The Morgan fingerprint density at radius 1 is 1.15 bits per heavy atom. The third kappa shape index (κ3) is 6.29. The molecule has 0 radical (unpaired) electrons. The Kier molecular flexibility index (Phi) is 9.02. The van der Waals surface area contributed by atoms with E-state index in [1.54, 1.807) is 34.4 Å². The summed E-state index contributed by atoms with van der Waals surface area (Å²) < 4.78 is 23.2. The van der Waals surface area contributed by atoms with Crippen LogP contribution in [0, 0.1) is 11.3 Å². The van der Waals surface area contributed by atoms with Gasteiger partial charge in [-0.25, -0.2) is 0 Å². The normalized spacial score (nSPS) is 24.0. The summed E-state index contributed by atoms with van der Waals surface area (Å²) in [6.45, 7) is 2.93. The van der Waals surface area contributed by atoms with E-state index in [1.807, 2.05) is 54.8 Å². The van der Waals surface area contributed by atoms with Gasteiger partial charge in [-0.2, -0.15) is 0 Å². The van der Waals surface area contributed by atoms with Gasteiger partial charge in [-0.05, 0) is 48.6 Å². The lowest BCUT2D eigenvalue weighted by molar-refractivity contribution is -0.178. The zero-order valence-corrected chi connectivity index (χ0v) is 23.9. The third-order valence-electron chi connectivity index (χ3n) is 7.66. The summed E-state index contributed by atoms with van der Waals surface area (Å²) in [6, 6.07) is 17.2. The summed E-state index contributed by atoms with van der Waals surface area (Å²) in [5.41, 5.74) is 0.234. The van der Waals surface area contributed by atoms with Gasteiger partial charge in [0.1, 0.15) is 17.3 Å². The van der Waals surface area contributed by atoms with Crippen LogP contribution in [-0.2, 0) is 48.3 Å². The summed E-state index contributed by atoms with van der Waals surface area (Å²) in [7, 11) is 1.33. The molecule has 4 atom stereocenters. The van der Waals surface area contributed by atoms with Gasteiger partial charge < -0.3 is 28.8 Å². The molecule has 2 aliphatic rings. The van der Waals surface area contributed by atoms with E-state index in [4.69, 9.17) is 18.6 Å². The van der Waals surface area contributed by atoms with Crippen molar-refractivity contribution in [1.82, 2.24) is 10.2 Å². The number of hydrogen-bond acceptors (Lipinski definition) is 8. The van der Waals surface area contributed by atoms with Crippen molar-refractivity contribution in [1.29, 1.82) is 0 Å². The largest absolute Gasteiger partial charge is 0.468 e. The molecule has 1 fully saturated rings. The summed E-state index contributed by atoms with van der Waals surface area (Å²) >= 11 is 1.54. The van der Waals surface area contributed by atoms with Gasteiger partial charge in [-0.15, -0.1) is 11.3 Å². The lowest BCUT2D eigenvalue weighted by Gasteiger charge is -2.51. The lowest BCUT2D eigenvalue weighted by Crippen LogP contribution is -2.60. The van der Waals surface area contributed by atoms with Gasteiger partial charge in [0.05, 0.1) is 45.8 Å². The Labute approximate surface area is 243 Å². The van der Waals surface area contributed by atoms with Crippen LogP contribution in [0.1, 0.15) is 36.0 Å². The van der Waals surface area contributed by atoms with Crippen LogP contribution in [0.5, 0.6) is 0 Å². The number of amides is 2. The quantitative estimate of drug-likeness (QED) is 0.335. The van der Waals surface area contributed by atoms with Crippen molar-refractivity contribution < 1.29 is 33.0 Å². The Bertz CT molecular complexity index is 1360. The van der Waals surface area contributed by atoms with Crippen LogP contribution in [0.4, 0.5) is 0 Å². The Hall–Kier alpha value is -3.73. The number of benzene rings is 1. The molecule has 10 heteroatoms. The number of piperidine rings is 1. The summed E-state index contributed by atoms with van der Waals surface area (Å²) in [4.78, 5) is 43.1. The summed E-state index contributed by atoms with van der Waals surface area (Å²) in [5, 5.41) is 4.84. The highest BCUT2D eigenvalue weighted by Crippen LogP contribution is 2.50. The summed E-state index contributed by atoms with van der Waals surface area (Å²) in [5.74, 6) is -1.24. The van der Waals surface area contributed by atoms with Crippen molar-refractivity contribution in [3.8, 4) is 0 Å². The second-order valence-electron chi connectivity index (χ2n) is 10.3. The highest BCUT2D eigenvalue weighted by molar-refractivity contribution is 7.09. The number of fused-ring (bicyclic) bond motifs is 1. The van der Waals surface area contributed by atoms with Crippen LogP contribution in [0.3, 0.4) is 0 Å². The van der Waals surface area contributed by atoms with Crippen molar-refractivity contribution >= 4 is 29.1 Å². The molecule has 1 saturated heterocycles. The molecule has 9 nitrogen and oxygen atoms in total. The van der Waals surface area contributed by atoms with Gasteiger partial charge in [0.15, 0.2) is 0 Å². The van der Waals surface area contributed by atoms with E-state index in [2.05, 4.69) is 5.32 Å². The zero-order valence-electron chi connectivity index (χ0n) is 23.1. The van der Waals surface area contributed by atoms with E-state index in [-0.39, 0.29) is 37.8 Å². The minimum absolute atomic E-state index is 0.0682. The molecule has 2 amide bonds. The van der Waals surface area contributed by atoms with Crippen molar-refractivity contribution in [3.63, 3.8) is 0 Å². The molecule has 0 saturated carbocycles. The van der Waals surface area contributed by atoms with Gasteiger partial charge in [-0.1, -0.05) is 36.4 Å². The van der Waals surface area contributed by atoms with Gasteiger partial charge in [-0.3, -0.25) is 14.4 Å². The number of esters is 1. The lowest BCUT2D eigenvalue weighted by atomic mass is 9.66.